The summed E-state index contributed by atoms with van der Waals surface area (Å²) in [5.41, 5.74) is 0.692. The Balaban J connectivity index is 2.02. The molecule has 6 nitrogen and oxygen atoms in total. The maximum absolute atomic E-state index is 12.3. The van der Waals surface area contributed by atoms with Crippen molar-refractivity contribution >= 4 is 33.0 Å². The highest BCUT2D eigenvalue weighted by atomic mass is 32.2. The number of carbonyl (C=O) groups is 1. The molecular formula is C17H22N2O4S2. The molecule has 1 aromatic heterocycles. The van der Waals surface area contributed by atoms with Crippen molar-refractivity contribution in [3.8, 4) is 5.75 Å². The molecular weight excluding hydrogens is 360 g/mol. The number of carbonyl (C=O) groups excluding carboxylic acids is 1. The largest absolute Gasteiger partial charge is 0.497 e. The number of nitrogens with one attached hydrogen (secondary N) is 1. The van der Waals surface area contributed by atoms with E-state index in [9.17, 15) is 13.2 Å². The molecule has 8 heteroatoms. The van der Waals surface area contributed by atoms with Gasteiger partial charge < -0.3 is 9.64 Å². The molecule has 0 saturated carbocycles. The zero-order chi connectivity index (χ0) is 18.4. The number of methoxy groups -OCH3 is 1. The Labute approximate surface area is 152 Å². The Morgan fingerprint density at radius 1 is 1.20 bits per heavy atom. The van der Waals surface area contributed by atoms with Gasteiger partial charge in [0, 0.05) is 30.6 Å². The molecule has 136 valence electrons. The highest BCUT2D eigenvalue weighted by Gasteiger charge is 2.18. The standard InChI is InChI=1S/C17H22N2O4S2/c1-4-16-9-10-17(24-16)25(21,22)18-11-12-19(13(2)20)14-5-7-15(23-3)8-6-14/h5-10,18H,4,11-12H2,1-3H3. The van der Waals surface area contributed by atoms with Gasteiger partial charge in [0.1, 0.15) is 9.96 Å². The third-order valence-electron chi connectivity index (χ3n) is 3.64. The van der Waals surface area contributed by atoms with Crippen LogP contribution in [0.3, 0.4) is 0 Å². The average Bonchev–Trinajstić information content (AvgIpc) is 3.09. The fraction of sp³-hybridized carbons (Fsp3) is 0.353. The summed E-state index contributed by atoms with van der Waals surface area (Å²) in [4.78, 5) is 14.4. The highest BCUT2D eigenvalue weighted by Crippen LogP contribution is 2.22. The predicted octanol–water partition coefficient (Wildman–Crippen LogP) is 2.65. The topological polar surface area (TPSA) is 75.7 Å². The smallest absolute Gasteiger partial charge is 0.250 e. The van der Waals surface area contributed by atoms with Gasteiger partial charge in [0.15, 0.2) is 0 Å². The minimum Gasteiger partial charge on any atom is -0.497 e. The molecule has 1 heterocycles. The molecule has 2 rings (SSSR count). The number of sulfonamides is 1. The fourth-order valence-electron chi connectivity index (χ4n) is 2.29. The summed E-state index contributed by atoms with van der Waals surface area (Å²) in [6.45, 7) is 3.81. The first-order valence-corrected chi connectivity index (χ1v) is 10.2. The lowest BCUT2D eigenvalue weighted by atomic mass is 10.2. The Morgan fingerprint density at radius 3 is 2.40 bits per heavy atom. The monoisotopic (exact) mass is 382 g/mol. The van der Waals surface area contributed by atoms with Crippen LogP contribution in [0.1, 0.15) is 18.7 Å². The molecule has 0 atom stereocenters. The fourth-order valence-corrected chi connectivity index (χ4v) is 4.65. The summed E-state index contributed by atoms with van der Waals surface area (Å²) in [6, 6.07) is 10.5. The second kappa shape index (κ2) is 8.46. The van der Waals surface area contributed by atoms with E-state index in [1.165, 1.54) is 23.2 Å². The van der Waals surface area contributed by atoms with Crippen LogP contribution in [0.4, 0.5) is 5.69 Å². The normalized spacial score (nSPS) is 11.3. The Kier molecular flexibility index (Phi) is 6.57. The molecule has 0 unspecified atom stereocenters. The van der Waals surface area contributed by atoms with Crippen molar-refractivity contribution in [2.24, 2.45) is 0 Å². The van der Waals surface area contributed by atoms with E-state index in [1.54, 1.807) is 37.4 Å². The Bertz CT molecular complexity index is 813. The average molecular weight is 383 g/mol. The molecule has 1 amide bonds. The molecule has 0 aliphatic heterocycles. The summed E-state index contributed by atoms with van der Waals surface area (Å²) in [5.74, 6) is 0.533. The highest BCUT2D eigenvalue weighted by molar-refractivity contribution is 7.91. The molecule has 1 aromatic carbocycles. The van der Waals surface area contributed by atoms with E-state index >= 15 is 0 Å². The minimum atomic E-state index is -3.55. The number of anilines is 1. The number of amides is 1. The maximum Gasteiger partial charge on any atom is 0.250 e. The second-order valence-electron chi connectivity index (χ2n) is 5.34. The molecule has 0 saturated heterocycles. The van der Waals surface area contributed by atoms with Crippen molar-refractivity contribution in [3.63, 3.8) is 0 Å². The molecule has 0 radical (unpaired) electrons. The van der Waals surface area contributed by atoms with E-state index in [0.29, 0.717) is 15.6 Å². The van der Waals surface area contributed by atoms with Crippen LogP contribution in [-0.2, 0) is 21.2 Å². The van der Waals surface area contributed by atoms with Gasteiger partial charge in [-0.15, -0.1) is 11.3 Å². The van der Waals surface area contributed by atoms with Crippen LogP contribution in [-0.4, -0.2) is 34.5 Å². The number of hydrogen-bond donors (Lipinski definition) is 1. The lowest BCUT2D eigenvalue weighted by molar-refractivity contribution is -0.116. The molecule has 0 fully saturated rings. The van der Waals surface area contributed by atoms with Crippen molar-refractivity contribution in [3.05, 3.63) is 41.3 Å². The van der Waals surface area contributed by atoms with Gasteiger partial charge in [-0.25, -0.2) is 13.1 Å². The lowest BCUT2D eigenvalue weighted by Crippen LogP contribution is -2.37. The second-order valence-corrected chi connectivity index (χ2v) is 8.50. The minimum absolute atomic E-state index is 0.132. The van der Waals surface area contributed by atoms with Gasteiger partial charge in [-0.3, -0.25) is 4.79 Å². The Morgan fingerprint density at radius 2 is 1.88 bits per heavy atom. The van der Waals surface area contributed by atoms with E-state index in [2.05, 4.69) is 4.72 Å². The first-order valence-electron chi connectivity index (χ1n) is 7.88. The van der Waals surface area contributed by atoms with Crippen molar-refractivity contribution in [2.75, 3.05) is 25.1 Å². The summed E-state index contributed by atoms with van der Waals surface area (Å²) >= 11 is 1.26. The summed E-state index contributed by atoms with van der Waals surface area (Å²) in [6.07, 6.45) is 0.801. The number of ether oxygens (including phenoxy) is 1. The predicted molar refractivity (Wildman–Crippen MR) is 99.9 cm³/mol. The van der Waals surface area contributed by atoms with Crippen LogP contribution in [0.2, 0.25) is 0 Å². The quantitative estimate of drug-likeness (QED) is 0.762. The molecule has 0 bridgehead atoms. The van der Waals surface area contributed by atoms with Crippen LogP contribution >= 0.6 is 11.3 Å². The van der Waals surface area contributed by atoms with E-state index in [0.717, 1.165) is 11.3 Å². The van der Waals surface area contributed by atoms with Crippen molar-refractivity contribution in [2.45, 2.75) is 24.5 Å². The van der Waals surface area contributed by atoms with Gasteiger partial charge in [0.25, 0.3) is 0 Å². The van der Waals surface area contributed by atoms with Crippen LogP contribution in [0.15, 0.2) is 40.6 Å². The number of rotatable bonds is 8. The molecule has 25 heavy (non-hydrogen) atoms. The number of hydrogen-bond acceptors (Lipinski definition) is 5. The first kappa shape index (κ1) is 19.4. The van der Waals surface area contributed by atoms with Gasteiger partial charge in [-0.1, -0.05) is 6.92 Å². The van der Waals surface area contributed by atoms with Gasteiger partial charge >= 0.3 is 0 Å². The van der Waals surface area contributed by atoms with Gasteiger partial charge in [-0.2, -0.15) is 0 Å². The molecule has 0 aliphatic rings. The zero-order valence-corrected chi connectivity index (χ0v) is 16.1. The van der Waals surface area contributed by atoms with Crippen molar-refractivity contribution in [1.82, 2.24) is 4.72 Å². The van der Waals surface area contributed by atoms with E-state index in [1.807, 2.05) is 13.0 Å². The number of aryl methyl sites for hydroxylation is 1. The third kappa shape index (κ3) is 5.04. The van der Waals surface area contributed by atoms with Crippen molar-refractivity contribution < 1.29 is 17.9 Å². The zero-order valence-electron chi connectivity index (χ0n) is 14.5. The van der Waals surface area contributed by atoms with Gasteiger partial charge in [0.05, 0.1) is 7.11 Å². The van der Waals surface area contributed by atoms with Gasteiger partial charge in [0.2, 0.25) is 15.9 Å². The summed E-state index contributed by atoms with van der Waals surface area (Å²) in [7, 11) is -1.98. The van der Waals surface area contributed by atoms with Crippen LogP contribution < -0.4 is 14.4 Å². The maximum atomic E-state index is 12.3. The Hall–Kier alpha value is -1.90. The molecule has 0 spiro atoms. The van der Waals surface area contributed by atoms with Crippen LogP contribution in [0.5, 0.6) is 5.75 Å². The third-order valence-corrected chi connectivity index (χ3v) is 6.82. The van der Waals surface area contributed by atoms with Crippen LogP contribution in [0.25, 0.3) is 0 Å². The number of thiophene rings is 1. The summed E-state index contributed by atoms with van der Waals surface area (Å²) < 4.78 is 32.6. The van der Waals surface area contributed by atoms with E-state index in [-0.39, 0.29) is 19.0 Å². The molecule has 1 N–H and O–H groups in total. The molecule has 0 aliphatic carbocycles. The van der Waals surface area contributed by atoms with E-state index in [4.69, 9.17) is 4.74 Å². The number of benzene rings is 1. The number of nitrogens with zero attached hydrogens (tertiary/aromatic N) is 1. The lowest BCUT2D eigenvalue weighted by Gasteiger charge is -2.21. The van der Waals surface area contributed by atoms with Gasteiger partial charge in [-0.05, 0) is 42.8 Å². The SMILES string of the molecule is CCc1ccc(S(=O)(=O)NCCN(C(C)=O)c2ccc(OC)cc2)s1. The first-order chi connectivity index (χ1) is 11.9. The summed E-state index contributed by atoms with van der Waals surface area (Å²) in [5, 5.41) is 0. The van der Waals surface area contributed by atoms with Crippen LogP contribution in [0, 0.1) is 0 Å². The molecule has 2 aromatic rings. The van der Waals surface area contributed by atoms with E-state index < -0.39 is 10.0 Å². The van der Waals surface area contributed by atoms with Crippen molar-refractivity contribution in [1.29, 1.82) is 0 Å².